The molecule has 1 atom stereocenters. The first kappa shape index (κ1) is 21.4. The molecule has 3 nitrogen and oxygen atoms in total. The summed E-state index contributed by atoms with van der Waals surface area (Å²) < 4.78 is 13.0. The molecule has 2 aromatic rings. The molecule has 3 rings (SSSR count). The van der Waals surface area contributed by atoms with Crippen molar-refractivity contribution in [3.05, 3.63) is 82.6 Å². The number of nitrogens with zero attached hydrogens (tertiary/aromatic N) is 1. The third-order valence-corrected chi connectivity index (χ3v) is 5.68. The van der Waals surface area contributed by atoms with Crippen LogP contribution in [0.5, 0.6) is 0 Å². The Balaban J connectivity index is 1.58. The van der Waals surface area contributed by atoms with Crippen LogP contribution in [-0.4, -0.2) is 35.6 Å². The molecule has 0 aliphatic carbocycles. The van der Waals surface area contributed by atoms with Gasteiger partial charge in [0.15, 0.2) is 11.6 Å². The molecule has 29 heavy (non-hydrogen) atoms. The van der Waals surface area contributed by atoms with E-state index in [1.165, 1.54) is 24.3 Å². The van der Waals surface area contributed by atoms with Crippen molar-refractivity contribution in [2.45, 2.75) is 38.1 Å². The molecule has 152 valence electrons. The van der Waals surface area contributed by atoms with Crippen molar-refractivity contribution >= 4 is 23.2 Å². The zero-order valence-corrected chi connectivity index (χ0v) is 17.1. The van der Waals surface area contributed by atoms with Crippen molar-refractivity contribution in [2.75, 3.05) is 13.1 Å². The molecule has 2 aromatic carbocycles. The number of Topliss-reactive ketones (excluding diaryl/α,β-unsaturated/α-hetero) is 2. The Hall–Kier alpha value is -2.30. The SMILES string of the molecule is C=C(C(=O)c1ccc(Cl)cc1)C1CCCCN1CCCC(=O)c1ccc(F)cc1. The zero-order valence-electron chi connectivity index (χ0n) is 16.4. The average molecular weight is 414 g/mol. The molecule has 0 spiro atoms. The summed E-state index contributed by atoms with van der Waals surface area (Å²) in [5, 5.41) is 0.595. The Bertz CT molecular complexity index is 877. The number of hydrogen-bond donors (Lipinski definition) is 0. The molecule has 5 heteroatoms. The molecular formula is C24H25ClFNO2. The van der Waals surface area contributed by atoms with Gasteiger partial charge in [0.05, 0.1) is 0 Å². The van der Waals surface area contributed by atoms with Crippen LogP contribution in [0.25, 0.3) is 0 Å². The summed E-state index contributed by atoms with van der Waals surface area (Å²) in [7, 11) is 0. The lowest BCUT2D eigenvalue weighted by molar-refractivity contribution is 0.0942. The van der Waals surface area contributed by atoms with Crippen LogP contribution in [0.1, 0.15) is 52.8 Å². The third kappa shape index (κ3) is 5.62. The van der Waals surface area contributed by atoms with E-state index < -0.39 is 0 Å². The Morgan fingerprint density at radius 1 is 1.03 bits per heavy atom. The van der Waals surface area contributed by atoms with Gasteiger partial charge >= 0.3 is 0 Å². The van der Waals surface area contributed by atoms with Crippen molar-refractivity contribution in [1.29, 1.82) is 0 Å². The summed E-state index contributed by atoms with van der Waals surface area (Å²) in [4.78, 5) is 27.4. The highest BCUT2D eigenvalue weighted by Gasteiger charge is 2.28. The van der Waals surface area contributed by atoms with Gasteiger partial charge in [0.2, 0.25) is 0 Å². The first-order valence-electron chi connectivity index (χ1n) is 9.97. The number of hydrogen-bond acceptors (Lipinski definition) is 3. The minimum absolute atomic E-state index is 0.00662. The second-order valence-corrected chi connectivity index (χ2v) is 7.88. The fourth-order valence-corrected chi connectivity index (χ4v) is 3.94. The predicted molar refractivity (Wildman–Crippen MR) is 114 cm³/mol. The fourth-order valence-electron chi connectivity index (χ4n) is 3.81. The van der Waals surface area contributed by atoms with Crippen LogP contribution in [0.15, 0.2) is 60.7 Å². The quantitative estimate of drug-likeness (QED) is 0.409. The van der Waals surface area contributed by atoms with Gasteiger partial charge in [-0.1, -0.05) is 24.6 Å². The molecule has 0 bridgehead atoms. The monoisotopic (exact) mass is 413 g/mol. The second-order valence-electron chi connectivity index (χ2n) is 7.44. The molecule has 0 amide bonds. The van der Waals surface area contributed by atoms with Crippen molar-refractivity contribution in [2.24, 2.45) is 0 Å². The van der Waals surface area contributed by atoms with Crippen LogP contribution in [0, 0.1) is 5.82 Å². The molecule has 1 aliphatic rings. The molecule has 1 unspecified atom stereocenters. The number of halogens is 2. The summed E-state index contributed by atoms with van der Waals surface area (Å²) in [6.07, 6.45) is 4.11. The number of carbonyl (C=O) groups excluding carboxylic acids is 2. The number of likely N-dealkylation sites (tertiary alicyclic amines) is 1. The second kappa shape index (κ2) is 9.95. The Labute approximate surface area is 176 Å². The third-order valence-electron chi connectivity index (χ3n) is 5.43. The summed E-state index contributed by atoms with van der Waals surface area (Å²) in [6, 6.07) is 12.5. The average Bonchev–Trinajstić information content (AvgIpc) is 2.74. The smallest absolute Gasteiger partial charge is 0.190 e. The Morgan fingerprint density at radius 3 is 2.38 bits per heavy atom. The lowest BCUT2D eigenvalue weighted by Crippen LogP contribution is -2.42. The van der Waals surface area contributed by atoms with Crippen LogP contribution < -0.4 is 0 Å². The van der Waals surface area contributed by atoms with E-state index in [1.807, 2.05) is 0 Å². The maximum atomic E-state index is 13.0. The first-order valence-corrected chi connectivity index (χ1v) is 10.4. The number of rotatable bonds is 8. The highest BCUT2D eigenvalue weighted by atomic mass is 35.5. The van der Waals surface area contributed by atoms with Gasteiger partial charge in [0, 0.05) is 34.2 Å². The summed E-state index contributed by atoms with van der Waals surface area (Å²) in [5.41, 5.74) is 1.72. The standard InChI is InChI=1S/C24H25ClFNO2/c1-17(24(29)19-7-11-20(25)12-8-19)22-5-2-3-15-27(22)16-4-6-23(28)18-9-13-21(26)14-10-18/h7-14,22H,1-6,15-16H2. The van der Waals surface area contributed by atoms with E-state index in [9.17, 15) is 14.0 Å². The maximum Gasteiger partial charge on any atom is 0.190 e. The van der Waals surface area contributed by atoms with Gasteiger partial charge in [-0.3, -0.25) is 14.5 Å². The van der Waals surface area contributed by atoms with Crippen LogP contribution in [0.3, 0.4) is 0 Å². The van der Waals surface area contributed by atoms with Crippen LogP contribution in [0.2, 0.25) is 5.02 Å². The number of carbonyl (C=O) groups is 2. The zero-order chi connectivity index (χ0) is 20.8. The summed E-state index contributed by atoms with van der Waals surface area (Å²) >= 11 is 5.91. The van der Waals surface area contributed by atoms with E-state index in [-0.39, 0.29) is 23.4 Å². The highest BCUT2D eigenvalue weighted by molar-refractivity contribution is 6.30. The van der Waals surface area contributed by atoms with Crippen LogP contribution in [-0.2, 0) is 0 Å². The topological polar surface area (TPSA) is 37.4 Å². The van der Waals surface area contributed by atoms with E-state index in [2.05, 4.69) is 11.5 Å². The van der Waals surface area contributed by atoms with E-state index in [4.69, 9.17) is 11.6 Å². The van der Waals surface area contributed by atoms with E-state index >= 15 is 0 Å². The van der Waals surface area contributed by atoms with E-state index in [0.29, 0.717) is 34.6 Å². The molecule has 0 N–H and O–H groups in total. The van der Waals surface area contributed by atoms with E-state index in [0.717, 1.165) is 32.4 Å². The van der Waals surface area contributed by atoms with Crippen molar-refractivity contribution in [3.63, 3.8) is 0 Å². The van der Waals surface area contributed by atoms with Gasteiger partial charge < -0.3 is 0 Å². The summed E-state index contributed by atoms with van der Waals surface area (Å²) in [5.74, 6) is -0.392. The van der Waals surface area contributed by atoms with E-state index in [1.54, 1.807) is 24.3 Å². The lowest BCUT2D eigenvalue weighted by Gasteiger charge is -2.36. The number of benzene rings is 2. The van der Waals surface area contributed by atoms with Crippen LogP contribution in [0.4, 0.5) is 4.39 Å². The van der Waals surface area contributed by atoms with Crippen molar-refractivity contribution in [1.82, 2.24) is 4.90 Å². The maximum absolute atomic E-state index is 13.0. The number of piperidine rings is 1. The van der Waals surface area contributed by atoms with Gasteiger partial charge in [-0.25, -0.2) is 4.39 Å². The van der Waals surface area contributed by atoms with Gasteiger partial charge in [-0.2, -0.15) is 0 Å². The Kier molecular flexibility index (Phi) is 7.34. The van der Waals surface area contributed by atoms with Crippen LogP contribution >= 0.6 is 11.6 Å². The molecule has 1 saturated heterocycles. The predicted octanol–water partition coefficient (Wildman–Crippen LogP) is 5.74. The fraction of sp³-hybridized carbons (Fsp3) is 0.333. The van der Waals surface area contributed by atoms with Crippen molar-refractivity contribution in [3.8, 4) is 0 Å². The molecular weight excluding hydrogens is 389 g/mol. The Morgan fingerprint density at radius 2 is 1.69 bits per heavy atom. The number of ketones is 2. The lowest BCUT2D eigenvalue weighted by atomic mass is 9.90. The van der Waals surface area contributed by atoms with Gasteiger partial charge in [-0.15, -0.1) is 0 Å². The van der Waals surface area contributed by atoms with Gasteiger partial charge in [0.1, 0.15) is 5.82 Å². The normalized spacial score (nSPS) is 17.1. The van der Waals surface area contributed by atoms with Gasteiger partial charge in [0.25, 0.3) is 0 Å². The highest BCUT2D eigenvalue weighted by Crippen LogP contribution is 2.25. The molecule has 0 radical (unpaired) electrons. The molecule has 1 aliphatic heterocycles. The van der Waals surface area contributed by atoms with Crippen molar-refractivity contribution < 1.29 is 14.0 Å². The minimum Gasteiger partial charge on any atom is -0.296 e. The molecule has 0 aromatic heterocycles. The molecule has 1 heterocycles. The summed E-state index contributed by atoms with van der Waals surface area (Å²) in [6.45, 7) is 5.72. The molecule has 1 fully saturated rings. The largest absolute Gasteiger partial charge is 0.296 e. The van der Waals surface area contributed by atoms with Gasteiger partial charge in [-0.05, 0) is 80.9 Å². The minimum atomic E-state index is -0.346. The molecule has 0 saturated carbocycles. The first-order chi connectivity index (χ1) is 14.0.